The van der Waals surface area contributed by atoms with Crippen LogP contribution in [0.2, 0.25) is 0 Å². The van der Waals surface area contributed by atoms with Gasteiger partial charge >= 0.3 is 0 Å². The molecule has 31 heavy (non-hydrogen) atoms. The second kappa shape index (κ2) is 11.8. The van der Waals surface area contributed by atoms with E-state index in [1.165, 1.54) is 69.5 Å². The molecular weight excluding hydrogens is 384 g/mol. The Morgan fingerprint density at radius 1 is 0.871 bits per heavy atom. The summed E-state index contributed by atoms with van der Waals surface area (Å²) in [6.07, 6.45) is 5.28. The van der Waals surface area contributed by atoms with E-state index >= 15 is 0 Å². The molecule has 0 aliphatic carbocycles. The Morgan fingerprint density at radius 3 is 2.29 bits per heavy atom. The number of rotatable bonds is 7. The molecule has 174 valence electrons. The van der Waals surface area contributed by atoms with Crippen LogP contribution in [0.15, 0.2) is 29.3 Å². The third kappa shape index (κ3) is 7.78. The van der Waals surface area contributed by atoms with Crippen molar-refractivity contribution in [3.8, 4) is 0 Å². The fourth-order valence-corrected chi connectivity index (χ4v) is 4.60. The van der Waals surface area contributed by atoms with Crippen LogP contribution in [-0.2, 0) is 13.1 Å². The highest BCUT2D eigenvalue weighted by atomic mass is 15.2. The number of piperidine rings is 1. The van der Waals surface area contributed by atoms with Crippen LogP contribution in [0.3, 0.4) is 0 Å². The lowest BCUT2D eigenvalue weighted by molar-refractivity contribution is 0.0982. The molecule has 0 saturated carbocycles. The SMILES string of the molecule is CN=C(NCc1ccc(CN2CCCN(C)CC2)cc1)NCC(C)(C)N1CCCCC1. The molecule has 0 spiro atoms. The van der Waals surface area contributed by atoms with Gasteiger partial charge in [-0.25, -0.2) is 0 Å². The molecule has 0 aromatic heterocycles. The third-order valence-electron chi connectivity index (χ3n) is 6.83. The summed E-state index contributed by atoms with van der Waals surface area (Å²) >= 11 is 0. The zero-order valence-electron chi connectivity index (χ0n) is 20.3. The Labute approximate surface area is 190 Å². The minimum absolute atomic E-state index is 0.141. The molecule has 6 heteroatoms. The van der Waals surface area contributed by atoms with Gasteiger partial charge in [0.15, 0.2) is 5.96 Å². The second-order valence-electron chi connectivity index (χ2n) is 9.89. The standard InChI is InChI=1S/C25H44N6/c1-25(2,31-15-6-5-7-16-31)21-28-24(26-3)27-19-22-9-11-23(12-10-22)20-30-14-8-13-29(4)17-18-30/h9-12H,5-8,13-21H2,1-4H3,(H2,26,27,28). The second-order valence-corrected chi connectivity index (χ2v) is 9.89. The Morgan fingerprint density at radius 2 is 1.58 bits per heavy atom. The number of nitrogens with one attached hydrogen (secondary N) is 2. The predicted octanol–water partition coefficient (Wildman–Crippen LogP) is 2.75. The van der Waals surface area contributed by atoms with Crippen LogP contribution < -0.4 is 10.6 Å². The maximum absolute atomic E-state index is 4.43. The average Bonchev–Trinajstić information content (AvgIpc) is 2.99. The summed E-state index contributed by atoms with van der Waals surface area (Å²) in [4.78, 5) is 12.0. The fraction of sp³-hybridized carbons (Fsp3) is 0.720. The van der Waals surface area contributed by atoms with Crippen LogP contribution in [0.5, 0.6) is 0 Å². The molecule has 2 saturated heterocycles. The zero-order valence-corrected chi connectivity index (χ0v) is 20.3. The molecule has 2 heterocycles. The summed E-state index contributed by atoms with van der Waals surface area (Å²) in [6, 6.07) is 9.05. The quantitative estimate of drug-likeness (QED) is 0.517. The van der Waals surface area contributed by atoms with Gasteiger partial charge in [-0.15, -0.1) is 0 Å². The van der Waals surface area contributed by atoms with E-state index in [0.717, 1.165) is 32.1 Å². The van der Waals surface area contributed by atoms with Gasteiger partial charge < -0.3 is 15.5 Å². The molecule has 2 N–H and O–H groups in total. The van der Waals surface area contributed by atoms with Gasteiger partial charge in [-0.1, -0.05) is 30.7 Å². The van der Waals surface area contributed by atoms with E-state index in [0.29, 0.717) is 0 Å². The van der Waals surface area contributed by atoms with Gasteiger partial charge in [-0.05, 0) is 77.5 Å². The van der Waals surface area contributed by atoms with Gasteiger partial charge in [-0.2, -0.15) is 0 Å². The average molecular weight is 429 g/mol. The molecule has 3 rings (SSSR count). The van der Waals surface area contributed by atoms with E-state index in [1.807, 2.05) is 7.05 Å². The molecule has 0 atom stereocenters. The molecule has 1 aromatic carbocycles. The maximum atomic E-state index is 4.43. The number of hydrogen-bond donors (Lipinski definition) is 2. The highest BCUT2D eigenvalue weighted by Gasteiger charge is 2.27. The maximum Gasteiger partial charge on any atom is 0.191 e. The van der Waals surface area contributed by atoms with Crippen LogP contribution in [0.25, 0.3) is 0 Å². The number of guanidine groups is 1. The van der Waals surface area contributed by atoms with E-state index in [9.17, 15) is 0 Å². The van der Waals surface area contributed by atoms with Crippen molar-refractivity contribution in [2.75, 3.05) is 59.9 Å². The van der Waals surface area contributed by atoms with Crippen LogP contribution in [0.4, 0.5) is 0 Å². The summed E-state index contributed by atoms with van der Waals surface area (Å²) in [7, 11) is 4.08. The number of likely N-dealkylation sites (tertiary alicyclic amines) is 1. The van der Waals surface area contributed by atoms with E-state index in [4.69, 9.17) is 0 Å². The molecule has 1 aromatic rings. The zero-order chi connectivity index (χ0) is 22.1. The number of benzene rings is 1. The molecular formula is C25H44N6. The largest absolute Gasteiger partial charge is 0.355 e. The van der Waals surface area contributed by atoms with Gasteiger partial charge in [0.2, 0.25) is 0 Å². The lowest BCUT2D eigenvalue weighted by atomic mass is 9.98. The molecule has 2 fully saturated rings. The van der Waals surface area contributed by atoms with Crippen LogP contribution >= 0.6 is 0 Å². The molecule has 2 aliphatic rings. The Balaban J connectivity index is 1.42. The van der Waals surface area contributed by atoms with Crippen molar-refractivity contribution in [3.05, 3.63) is 35.4 Å². The summed E-state index contributed by atoms with van der Waals surface area (Å²) in [6.45, 7) is 14.6. The van der Waals surface area contributed by atoms with Crippen LogP contribution in [0.1, 0.15) is 50.7 Å². The Kier molecular flexibility index (Phi) is 9.17. The van der Waals surface area contributed by atoms with Gasteiger partial charge in [0.05, 0.1) is 0 Å². The molecule has 2 aliphatic heterocycles. The van der Waals surface area contributed by atoms with Crippen molar-refractivity contribution in [1.82, 2.24) is 25.3 Å². The molecule has 0 unspecified atom stereocenters. The number of likely N-dealkylation sites (N-methyl/N-ethyl adjacent to an activating group) is 1. The van der Waals surface area contributed by atoms with E-state index in [-0.39, 0.29) is 5.54 Å². The number of hydrogen-bond acceptors (Lipinski definition) is 4. The summed E-state index contributed by atoms with van der Waals surface area (Å²) in [5.74, 6) is 0.878. The molecule has 6 nitrogen and oxygen atoms in total. The first-order valence-corrected chi connectivity index (χ1v) is 12.1. The van der Waals surface area contributed by atoms with Gasteiger partial charge in [0, 0.05) is 45.3 Å². The Bertz CT molecular complexity index is 678. The van der Waals surface area contributed by atoms with Gasteiger partial charge in [0.25, 0.3) is 0 Å². The third-order valence-corrected chi connectivity index (χ3v) is 6.83. The number of nitrogens with zero attached hydrogens (tertiary/aromatic N) is 4. The monoisotopic (exact) mass is 428 g/mol. The van der Waals surface area contributed by atoms with Crippen molar-refractivity contribution in [2.45, 2.75) is 58.2 Å². The minimum Gasteiger partial charge on any atom is -0.355 e. The van der Waals surface area contributed by atoms with Crippen LogP contribution in [0, 0.1) is 0 Å². The van der Waals surface area contributed by atoms with Crippen molar-refractivity contribution in [2.24, 2.45) is 4.99 Å². The number of aliphatic imine (C=N–C) groups is 1. The Hall–Kier alpha value is -1.63. The smallest absolute Gasteiger partial charge is 0.191 e. The van der Waals surface area contributed by atoms with E-state index in [1.54, 1.807) is 0 Å². The predicted molar refractivity (Wildman–Crippen MR) is 132 cm³/mol. The first-order valence-electron chi connectivity index (χ1n) is 12.1. The van der Waals surface area contributed by atoms with E-state index < -0.39 is 0 Å². The van der Waals surface area contributed by atoms with E-state index in [2.05, 4.69) is 75.5 Å². The first kappa shape index (κ1) is 24.0. The normalized spacial score (nSPS) is 20.5. The van der Waals surface area contributed by atoms with Crippen molar-refractivity contribution >= 4 is 5.96 Å². The van der Waals surface area contributed by atoms with Gasteiger partial charge in [-0.3, -0.25) is 14.8 Å². The van der Waals surface area contributed by atoms with Crippen molar-refractivity contribution < 1.29 is 0 Å². The summed E-state index contributed by atoms with van der Waals surface area (Å²) in [5, 5.41) is 7.02. The van der Waals surface area contributed by atoms with Crippen molar-refractivity contribution in [1.29, 1.82) is 0 Å². The molecule has 0 amide bonds. The summed E-state index contributed by atoms with van der Waals surface area (Å²) < 4.78 is 0. The topological polar surface area (TPSA) is 46.1 Å². The highest BCUT2D eigenvalue weighted by Crippen LogP contribution is 2.19. The lowest BCUT2D eigenvalue weighted by Crippen LogP contribution is -2.54. The molecule has 0 bridgehead atoms. The first-order chi connectivity index (χ1) is 15.0. The van der Waals surface area contributed by atoms with Crippen LogP contribution in [-0.4, -0.2) is 86.1 Å². The van der Waals surface area contributed by atoms with Crippen molar-refractivity contribution in [3.63, 3.8) is 0 Å². The highest BCUT2D eigenvalue weighted by molar-refractivity contribution is 5.79. The lowest BCUT2D eigenvalue weighted by Gasteiger charge is -2.41. The molecule has 0 radical (unpaired) electrons. The minimum atomic E-state index is 0.141. The fourth-order valence-electron chi connectivity index (χ4n) is 4.60. The van der Waals surface area contributed by atoms with Gasteiger partial charge in [0.1, 0.15) is 0 Å². The summed E-state index contributed by atoms with van der Waals surface area (Å²) in [5.41, 5.74) is 2.83.